The molecule has 10 heavy (non-hydrogen) atoms. The van der Waals surface area contributed by atoms with Gasteiger partial charge in [-0.2, -0.15) is 0 Å². The number of nitrogens with one attached hydrogen (secondary N) is 1. The quantitative estimate of drug-likeness (QED) is 0.602. The minimum Gasteiger partial charge on any atom is -0.385 e. The number of aromatic nitrogens is 2. The molecule has 1 aromatic heterocycles. The van der Waals surface area contributed by atoms with Crippen LogP contribution in [0, 0.1) is 0 Å². The van der Waals surface area contributed by atoms with E-state index in [-0.39, 0.29) is 0 Å². The van der Waals surface area contributed by atoms with Gasteiger partial charge in [0.2, 0.25) is 0 Å². The van der Waals surface area contributed by atoms with Crippen LogP contribution in [-0.2, 0) is 6.54 Å². The summed E-state index contributed by atoms with van der Waals surface area (Å²) < 4.78 is 0. The van der Waals surface area contributed by atoms with Crippen LogP contribution in [0.15, 0.2) is 12.5 Å². The molecule has 4 heteroatoms. The lowest BCUT2D eigenvalue weighted by Gasteiger charge is -2.02. The van der Waals surface area contributed by atoms with Gasteiger partial charge in [0.1, 0.15) is 6.33 Å². The van der Waals surface area contributed by atoms with Crippen LogP contribution < -0.4 is 11.1 Å². The average molecular weight is 138 g/mol. The molecule has 0 spiro atoms. The molecular formula is C6H10N4. The lowest BCUT2D eigenvalue weighted by Crippen LogP contribution is -2.04. The van der Waals surface area contributed by atoms with Crippen molar-refractivity contribution in [3.63, 3.8) is 0 Å². The summed E-state index contributed by atoms with van der Waals surface area (Å²) in [6, 6.07) is 0. The Morgan fingerprint density at radius 3 is 3.00 bits per heavy atom. The van der Waals surface area contributed by atoms with Crippen LogP contribution in [0.5, 0.6) is 0 Å². The first kappa shape index (κ1) is 6.95. The van der Waals surface area contributed by atoms with E-state index in [1.165, 1.54) is 6.33 Å². The molecule has 0 aromatic carbocycles. The molecule has 1 aromatic rings. The van der Waals surface area contributed by atoms with Crippen LogP contribution in [0.1, 0.15) is 5.69 Å². The minimum absolute atomic E-state index is 0.443. The summed E-state index contributed by atoms with van der Waals surface area (Å²) in [5.74, 6) is 0. The molecule has 54 valence electrons. The lowest BCUT2D eigenvalue weighted by molar-refractivity contribution is 0.965. The van der Waals surface area contributed by atoms with E-state index in [2.05, 4.69) is 15.3 Å². The maximum atomic E-state index is 5.40. The molecule has 1 heterocycles. The van der Waals surface area contributed by atoms with Crippen molar-refractivity contribution in [2.24, 2.45) is 5.73 Å². The van der Waals surface area contributed by atoms with E-state index in [0.29, 0.717) is 6.54 Å². The van der Waals surface area contributed by atoms with E-state index in [9.17, 15) is 0 Å². The van der Waals surface area contributed by atoms with Gasteiger partial charge in [0.15, 0.2) is 0 Å². The topological polar surface area (TPSA) is 63.8 Å². The summed E-state index contributed by atoms with van der Waals surface area (Å²) in [6.45, 7) is 0.443. The van der Waals surface area contributed by atoms with Crippen molar-refractivity contribution >= 4 is 5.69 Å². The van der Waals surface area contributed by atoms with E-state index < -0.39 is 0 Å². The molecule has 0 amide bonds. The first-order valence-electron chi connectivity index (χ1n) is 3.05. The Morgan fingerprint density at radius 1 is 1.70 bits per heavy atom. The van der Waals surface area contributed by atoms with Gasteiger partial charge in [-0.3, -0.25) is 0 Å². The molecule has 0 atom stereocenters. The van der Waals surface area contributed by atoms with Crippen LogP contribution in [0.2, 0.25) is 0 Å². The highest BCUT2D eigenvalue weighted by Crippen LogP contribution is 2.06. The summed E-state index contributed by atoms with van der Waals surface area (Å²) in [5.41, 5.74) is 7.13. The smallest absolute Gasteiger partial charge is 0.115 e. The largest absolute Gasteiger partial charge is 0.385 e. The summed E-state index contributed by atoms with van der Waals surface area (Å²) >= 11 is 0. The average Bonchev–Trinajstić information content (AvgIpc) is 2.04. The van der Waals surface area contributed by atoms with Gasteiger partial charge in [0.05, 0.1) is 17.6 Å². The van der Waals surface area contributed by atoms with Crippen molar-refractivity contribution in [3.05, 3.63) is 18.2 Å². The number of hydrogen-bond acceptors (Lipinski definition) is 4. The third-order valence-corrected chi connectivity index (χ3v) is 1.26. The van der Waals surface area contributed by atoms with Gasteiger partial charge < -0.3 is 11.1 Å². The molecule has 1 rings (SSSR count). The molecule has 0 aliphatic heterocycles. The van der Waals surface area contributed by atoms with E-state index in [4.69, 9.17) is 5.73 Å². The first-order valence-corrected chi connectivity index (χ1v) is 3.05. The Bertz CT molecular complexity index is 188. The van der Waals surface area contributed by atoms with Gasteiger partial charge in [-0.05, 0) is 0 Å². The molecule has 0 aliphatic rings. The Hall–Kier alpha value is -1.16. The van der Waals surface area contributed by atoms with Gasteiger partial charge in [-0.25, -0.2) is 9.97 Å². The zero-order valence-electron chi connectivity index (χ0n) is 5.83. The lowest BCUT2D eigenvalue weighted by atomic mass is 10.3. The van der Waals surface area contributed by atoms with Crippen LogP contribution in [0.25, 0.3) is 0 Å². The monoisotopic (exact) mass is 138 g/mol. The second-order valence-corrected chi connectivity index (χ2v) is 1.84. The van der Waals surface area contributed by atoms with Crippen molar-refractivity contribution in [2.45, 2.75) is 6.54 Å². The van der Waals surface area contributed by atoms with Crippen molar-refractivity contribution in [1.29, 1.82) is 0 Å². The second-order valence-electron chi connectivity index (χ2n) is 1.84. The van der Waals surface area contributed by atoms with Gasteiger partial charge in [0.25, 0.3) is 0 Å². The molecule has 0 radical (unpaired) electrons. The van der Waals surface area contributed by atoms with Gasteiger partial charge in [-0.1, -0.05) is 0 Å². The fraction of sp³-hybridized carbons (Fsp3) is 0.333. The summed E-state index contributed by atoms with van der Waals surface area (Å²) in [5, 5.41) is 2.94. The van der Waals surface area contributed by atoms with Gasteiger partial charge >= 0.3 is 0 Å². The molecule has 0 bridgehead atoms. The van der Waals surface area contributed by atoms with Crippen molar-refractivity contribution in [2.75, 3.05) is 12.4 Å². The van der Waals surface area contributed by atoms with Crippen LogP contribution in [-0.4, -0.2) is 17.0 Å². The first-order chi connectivity index (χ1) is 4.88. The minimum atomic E-state index is 0.443. The highest BCUT2D eigenvalue weighted by molar-refractivity contribution is 5.44. The number of nitrogens with zero attached hydrogens (tertiary/aromatic N) is 2. The predicted octanol–water partition coefficient (Wildman–Crippen LogP) is -0.0230. The third-order valence-electron chi connectivity index (χ3n) is 1.26. The normalized spacial score (nSPS) is 9.40. The fourth-order valence-corrected chi connectivity index (χ4v) is 0.726. The standard InChI is InChI=1S/C6H10N4/c1-8-6-3-9-4-10-5(6)2-7/h3-4,8H,2,7H2,1H3. The zero-order chi connectivity index (χ0) is 7.40. The summed E-state index contributed by atoms with van der Waals surface area (Å²) in [4.78, 5) is 7.80. The maximum absolute atomic E-state index is 5.40. The van der Waals surface area contributed by atoms with Crippen LogP contribution in [0.3, 0.4) is 0 Å². The SMILES string of the molecule is CNc1cncnc1CN. The highest BCUT2D eigenvalue weighted by atomic mass is 14.9. The van der Waals surface area contributed by atoms with Crippen LogP contribution in [0.4, 0.5) is 5.69 Å². The Kier molecular flexibility index (Phi) is 2.17. The van der Waals surface area contributed by atoms with Crippen molar-refractivity contribution in [3.8, 4) is 0 Å². The predicted molar refractivity (Wildman–Crippen MR) is 39.5 cm³/mol. The molecule has 0 saturated heterocycles. The number of hydrogen-bond donors (Lipinski definition) is 2. The van der Waals surface area contributed by atoms with E-state index in [1.807, 2.05) is 7.05 Å². The number of anilines is 1. The molecular weight excluding hydrogens is 128 g/mol. The summed E-state index contributed by atoms with van der Waals surface area (Å²) in [7, 11) is 1.82. The number of rotatable bonds is 2. The summed E-state index contributed by atoms with van der Waals surface area (Å²) in [6.07, 6.45) is 3.19. The highest BCUT2D eigenvalue weighted by Gasteiger charge is 1.96. The Labute approximate surface area is 59.5 Å². The maximum Gasteiger partial charge on any atom is 0.115 e. The van der Waals surface area contributed by atoms with E-state index in [1.54, 1.807) is 6.20 Å². The number of nitrogens with two attached hydrogens (primary N) is 1. The molecule has 0 unspecified atom stereocenters. The van der Waals surface area contributed by atoms with Crippen molar-refractivity contribution in [1.82, 2.24) is 9.97 Å². The fourth-order valence-electron chi connectivity index (χ4n) is 0.726. The Morgan fingerprint density at radius 2 is 2.50 bits per heavy atom. The molecule has 4 nitrogen and oxygen atoms in total. The Balaban J connectivity index is 2.96. The zero-order valence-corrected chi connectivity index (χ0v) is 5.83. The van der Waals surface area contributed by atoms with Crippen LogP contribution >= 0.6 is 0 Å². The molecule has 3 N–H and O–H groups in total. The van der Waals surface area contributed by atoms with Gasteiger partial charge in [0, 0.05) is 13.6 Å². The van der Waals surface area contributed by atoms with E-state index >= 15 is 0 Å². The van der Waals surface area contributed by atoms with E-state index in [0.717, 1.165) is 11.4 Å². The third kappa shape index (κ3) is 1.22. The molecule has 0 saturated carbocycles. The van der Waals surface area contributed by atoms with Gasteiger partial charge in [-0.15, -0.1) is 0 Å². The molecule has 0 fully saturated rings. The van der Waals surface area contributed by atoms with Crippen molar-refractivity contribution < 1.29 is 0 Å². The second kappa shape index (κ2) is 3.12. The molecule has 0 aliphatic carbocycles.